The fourth-order valence-corrected chi connectivity index (χ4v) is 1.81. The topological polar surface area (TPSA) is 21.3 Å². The van der Waals surface area contributed by atoms with Crippen LogP contribution in [0.3, 0.4) is 0 Å². The van der Waals surface area contributed by atoms with Crippen LogP contribution in [-0.2, 0) is 4.74 Å². The molecule has 0 radical (unpaired) electrons. The number of nitrogens with one attached hydrogen (secondary N) is 1. The molecule has 0 bridgehead atoms. The number of alkyl halides is 4. The Morgan fingerprint density at radius 3 is 2.36 bits per heavy atom. The van der Waals surface area contributed by atoms with Gasteiger partial charge in [-0.1, -0.05) is 0 Å². The Labute approximate surface area is 85.8 Å². The summed E-state index contributed by atoms with van der Waals surface area (Å²) in [6.45, 7) is -0.172. The van der Waals surface area contributed by atoms with Gasteiger partial charge in [-0.2, -0.15) is 0 Å². The molecule has 0 amide bonds. The van der Waals surface area contributed by atoms with Crippen LogP contribution in [0.5, 0.6) is 0 Å². The Morgan fingerprint density at radius 1 is 1.36 bits per heavy atom. The van der Waals surface area contributed by atoms with Gasteiger partial charge in [0.15, 0.2) is 0 Å². The lowest BCUT2D eigenvalue weighted by Gasteiger charge is -2.41. The van der Waals surface area contributed by atoms with E-state index in [-0.39, 0.29) is 18.7 Å². The lowest BCUT2D eigenvalue weighted by Crippen LogP contribution is -2.53. The molecule has 0 unspecified atom stereocenters. The molecule has 2 nitrogen and oxygen atoms in total. The van der Waals surface area contributed by atoms with Gasteiger partial charge < -0.3 is 5.32 Å². The second-order valence-electron chi connectivity index (χ2n) is 3.49. The highest BCUT2D eigenvalue weighted by atomic mass is 35.5. The van der Waals surface area contributed by atoms with E-state index >= 15 is 0 Å². The molecule has 1 N–H and O–H groups in total. The molecule has 84 valence electrons. The second-order valence-corrected chi connectivity index (χ2v) is 3.76. The van der Waals surface area contributed by atoms with Crippen LogP contribution in [0.25, 0.3) is 0 Å². The van der Waals surface area contributed by atoms with Gasteiger partial charge in [-0.25, -0.2) is 0 Å². The van der Waals surface area contributed by atoms with E-state index in [4.69, 9.17) is 11.6 Å². The molecule has 0 aromatic rings. The number of hydrogen-bond acceptors (Lipinski definition) is 2. The zero-order valence-electron chi connectivity index (χ0n) is 7.66. The fourth-order valence-electron chi connectivity index (χ4n) is 1.44. The minimum Gasteiger partial charge on any atom is -0.308 e. The van der Waals surface area contributed by atoms with Gasteiger partial charge in [0.25, 0.3) is 0 Å². The number of ether oxygens (including phenoxy) is 1. The predicted octanol–water partition coefficient (Wildman–Crippen LogP) is 2.27. The molecule has 0 atom stereocenters. The Morgan fingerprint density at radius 2 is 2.00 bits per heavy atom. The largest absolute Gasteiger partial charge is 0.522 e. The minimum absolute atomic E-state index is 0.142. The first-order valence-corrected chi connectivity index (χ1v) is 5.03. The minimum atomic E-state index is -4.53. The normalized spacial score (nSPS) is 20.6. The van der Waals surface area contributed by atoms with Crippen molar-refractivity contribution >= 4 is 11.6 Å². The van der Waals surface area contributed by atoms with E-state index in [0.717, 1.165) is 19.3 Å². The van der Waals surface area contributed by atoms with Crippen molar-refractivity contribution in [3.8, 4) is 0 Å². The van der Waals surface area contributed by atoms with E-state index in [0.29, 0.717) is 5.88 Å². The van der Waals surface area contributed by atoms with Gasteiger partial charge >= 0.3 is 6.36 Å². The van der Waals surface area contributed by atoms with Crippen molar-refractivity contribution in [2.75, 3.05) is 19.0 Å². The number of hydrogen-bond donors (Lipinski definition) is 1. The van der Waals surface area contributed by atoms with Crippen molar-refractivity contribution in [1.82, 2.24) is 5.32 Å². The molecule has 1 rings (SSSR count). The molecule has 0 aliphatic heterocycles. The van der Waals surface area contributed by atoms with Crippen molar-refractivity contribution in [3.63, 3.8) is 0 Å². The highest BCUT2D eigenvalue weighted by Gasteiger charge is 2.35. The zero-order chi connectivity index (χ0) is 10.7. The summed E-state index contributed by atoms with van der Waals surface area (Å²) >= 11 is 5.70. The maximum Gasteiger partial charge on any atom is 0.522 e. The van der Waals surface area contributed by atoms with Gasteiger partial charge in [0, 0.05) is 18.0 Å². The van der Waals surface area contributed by atoms with Crippen LogP contribution >= 0.6 is 11.6 Å². The van der Waals surface area contributed by atoms with Crippen molar-refractivity contribution < 1.29 is 17.9 Å². The van der Waals surface area contributed by atoms with E-state index in [1.165, 1.54) is 0 Å². The zero-order valence-corrected chi connectivity index (χ0v) is 8.42. The summed E-state index contributed by atoms with van der Waals surface area (Å²) in [6, 6.07) is 0. The van der Waals surface area contributed by atoms with Gasteiger partial charge in [-0.05, 0) is 19.3 Å². The highest BCUT2D eigenvalue weighted by Crippen LogP contribution is 2.32. The first-order valence-electron chi connectivity index (χ1n) is 4.49. The van der Waals surface area contributed by atoms with Gasteiger partial charge in [0.2, 0.25) is 0 Å². The molecule has 1 aliphatic carbocycles. The van der Waals surface area contributed by atoms with Crippen molar-refractivity contribution in [3.05, 3.63) is 0 Å². The summed E-state index contributed by atoms with van der Waals surface area (Å²) < 4.78 is 38.4. The van der Waals surface area contributed by atoms with Gasteiger partial charge in [-0.15, -0.1) is 24.8 Å². The third-order valence-electron chi connectivity index (χ3n) is 2.43. The molecule has 6 heteroatoms. The third-order valence-corrected chi connectivity index (χ3v) is 2.95. The third kappa shape index (κ3) is 3.63. The van der Waals surface area contributed by atoms with Crippen molar-refractivity contribution in [2.45, 2.75) is 31.2 Å². The van der Waals surface area contributed by atoms with Crippen LogP contribution in [0.2, 0.25) is 0 Å². The molecule has 0 saturated heterocycles. The van der Waals surface area contributed by atoms with Gasteiger partial charge in [0.05, 0.1) is 6.61 Å². The molecular weight excluding hydrogens is 219 g/mol. The molecule has 0 heterocycles. The summed E-state index contributed by atoms with van der Waals surface area (Å²) in [4.78, 5) is 0. The second kappa shape index (κ2) is 4.68. The average Bonchev–Trinajstić information content (AvgIpc) is 2.00. The monoisotopic (exact) mass is 231 g/mol. The standard InChI is InChI=1S/C8H13ClF3NO/c9-6-7(2-1-3-7)13-4-5-14-8(10,11)12/h13H,1-6H2. The van der Waals surface area contributed by atoms with Gasteiger partial charge in [0.1, 0.15) is 0 Å². The van der Waals surface area contributed by atoms with Crippen molar-refractivity contribution in [2.24, 2.45) is 0 Å². The molecule has 14 heavy (non-hydrogen) atoms. The van der Waals surface area contributed by atoms with Crippen LogP contribution in [-0.4, -0.2) is 30.9 Å². The van der Waals surface area contributed by atoms with Gasteiger partial charge in [-0.3, -0.25) is 4.74 Å². The SMILES string of the molecule is FC(F)(F)OCCNC1(CCl)CCC1. The summed E-state index contributed by atoms with van der Waals surface area (Å²) in [7, 11) is 0. The molecule has 1 aliphatic rings. The van der Waals surface area contributed by atoms with E-state index in [1.54, 1.807) is 0 Å². The number of rotatable bonds is 5. The highest BCUT2D eigenvalue weighted by molar-refractivity contribution is 6.18. The quantitative estimate of drug-likeness (QED) is 0.579. The first-order chi connectivity index (χ1) is 6.47. The first kappa shape index (κ1) is 12.1. The average molecular weight is 232 g/mol. The van der Waals surface area contributed by atoms with Crippen LogP contribution in [0.4, 0.5) is 13.2 Å². The van der Waals surface area contributed by atoms with Crippen LogP contribution in [0.15, 0.2) is 0 Å². The molecule has 0 spiro atoms. The number of halogens is 4. The summed E-state index contributed by atoms with van der Waals surface area (Å²) in [6.07, 6.45) is -1.58. The van der Waals surface area contributed by atoms with Crippen LogP contribution in [0.1, 0.15) is 19.3 Å². The lowest BCUT2D eigenvalue weighted by atomic mass is 9.78. The Balaban J connectivity index is 2.09. The Kier molecular flexibility index (Phi) is 4.04. The Hall–Kier alpha value is 0. The summed E-state index contributed by atoms with van der Waals surface area (Å²) in [5, 5.41) is 3.00. The lowest BCUT2D eigenvalue weighted by molar-refractivity contribution is -0.323. The fraction of sp³-hybridized carbons (Fsp3) is 1.00. The maximum absolute atomic E-state index is 11.6. The molecule has 1 saturated carbocycles. The molecular formula is C8H13ClF3NO. The molecule has 1 fully saturated rings. The summed E-state index contributed by atoms with van der Waals surface area (Å²) in [5.41, 5.74) is -0.142. The van der Waals surface area contributed by atoms with E-state index in [9.17, 15) is 13.2 Å². The summed E-state index contributed by atoms with van der Waals surface area (Å²) in [5.74, 6) is 0.443. The van der Waals surface area contributed by atoms with Crippen molar-refractivity contribution in [1.29, 1.82) is 0 Å². The van der Waals surface area contributed by atoms with E-state index < -0.39 is 6.36 Å². The smallest absolute Gasteiger partial charge is 0.308 e. The molecule has 0 aromatic carbocycles. The molecule has 0 aromatic heterocycles. The van der Waals surface area contributed by atoms with E-state index in [2.05, 4.69) is 10.1 Å². The predicted molar refractivity (Wildman–Crippen MR) is 47.3 cm³/mol. The van der Waals surface area contributed by atoms with E-state index in [1.807, 2.05) is 0 Å². The Bertz CT molecular complexity index is 176. The van der Waals surface area contributed by atoms with Crippen LogP contribution < -0.4 is 5.32 Å². The maximum atomic E-state index is 11.6. The van der Waals surface area contributed by atoms with Crippen LogP contribution in [0, 0.1) is 0 Å².